The van der Waals surface area contributed by atoms with E-state index in [1.165, 1.54) is 5.56 Å². The molecule has 3 aromatic rings. The Morgan fingerprint density at radius 3 is 2.41 bits per heavy atom. The standard InChI is InChI=1S/C21H21ClN4O/c1-14-3-9-18(10-4-14)26-20-13-19(24-15(2)25-20)21(27)23-12-11-16-5-7-17(22)8-6-16/h3-10,13H,11-12H2,1-2H3,(H,23,27)(H,24,25,26). The molecule has 27 heavy (non-hydrogen) atoms. The van der Waals surface area contributed by atoms with Gasteiger partial charge in [-0.1, -0.05) is 41.4 Å². The number of aryl methyl sites for hydroxylation is 2. The number of nitrogens with one attached hydrogen (secondary N) is 2. The molecule has 0 aliphatic heterocycles. The number of carbonyl (C=O) groups is 1. The fraction of sp³-hybridized carbons (Fsp3) is 0.190. The highest BCUT2D eigenvalue weighted by Crippen LogP contribution is 2.16. The van der Waals surface area contributed by atoms with Crippen LogP contribution < -0.4 is 10.6 Å². The van der Waals surface area contributed by atoms with Gasteiger partial charge in [0.1, 0.15) is 17.3 Å². The molecule has 6 heteroatoms. The largest absolute Gasteiger partial charge is 0.350 e. The van der Waals surface area contributed by atoms with E-state index >= 15 is 0 Å². The zero-order valence-corrected chi connectivity index (χ0v) is 16.0. The van der Waals surface area contributed by atoms with Crippen LogP contribution in [-0.4, -0.2) is 22.4 Å². The number of hydrogen-bond acceptors (Lipinski definition) is 4. The third-order valence-electron chi connectivity index (χ3n) is 4.01. The highest BCUT2D eigenvalue weighted by atomic mass is 35.5. The van der Waals surface area contributed by atoms with E-state index in [4.69, 9.17) is 11.6 Å². The molecule has 3 rings (SSSR count). The third-order valence-corrected chi connectivity index (χ3v) is 4.26. The summed E-state index contributed by atoms with van der Waals surface area (Å²) < 4.78 is 0. The van der Waals surface area contributed by atoms with Crippen LogP contribution in [0.15, 0.2) is 54.6 Å². The molecular formula is C21H21ClN4O. The minimum Gasteiger partial charge on any atom is -0.350 e. The Bertz CT molecular complexity index is 924. The van der Waals surface area contributed by atoms with Gasteiger partial charge in [-0.25, -0.2) is 9.97 Å². The number of hydrogen-bond donors (Lipinski definition) is 2. The second-order valence-corrected chi connectivity index (χ2v) is 6.75. The average molecular weight is 381 g/mol. The normalized spacial score (nSPS) is 10.5. The summed E-state index contributed by atoms with van der Waals surface area (Å²) in [6.07, 6.45) is 0.724. The molecule has 0 saturated heterocycles. The fourth-order valence-corrected chi connectivity index (χ4v) is 2.72. The number of amides is 1. The third kappa shape index (κ3) is 5.53. The molecule has 1 heterocycles. The van der Waals surface area contributed by atoms with Gasteiger partial charge in [0.25, 0.3) is 5.91 Å². The van der Waals surface area contributed by atoms with Gasteiger partial charge in [0, 0.05) is 23.3 Å². The lowest BCUT2D eigenvalue weighted by Gasteiger charge is -2.09. The summed E-state index contributed by atoms with van der Waals surface area (Å²) in [5, 5.41) is 6.81. The Labute approximate surface area is 163 Å². The Kier molecular flexibility index (Phi) is 6.04. The highest BCUT2D eigenvalue weighted by molar-refractivity contribution is 6.30. The zero-order chi connectivity index (χ0) is 19.2. The Balaban J connectivity index is 1.63. The fourth-order valence-electron chi connectivity index (χ4n) is 2.59. The maximum Gasteiger partial charge on any atom is 0.270 e. The van der Waals surface area contributed by atoms with Crippen molar-refractivity contribution in [2.45, 2.75) is 20.3 Å². The topological polar surface area (TPSA) is 66.9 Å². The predicted molar refractivity (Wildman–Crippen MR) is 109 cm³/mol. The summed E-state index contributed by atoms with van der Waals surface area (Å²) in [5.74, 6) is 0.908. The van der Waals surface area contributed by atoms with Crippen LogP contribution in [0.25, 0.3) is 0 Å². The minimum absolute atomic E-state index is 0.221. The first-order chi connectivity index (χ1) is 13.0. The van der Waals surface area contributed by atoms with E-state index in [1.807, 2.05) is 55.5 Å². The van der Waals surface area contributed by atoms with Crippen LogP contribution in [0.5, 0.6) is 0 Å². The van der Waals surface area contributed by atoms with E-state index < -0.39 is 0 Å². The second-order valence-electron chi connectivity index (χ2n) is 6.31. The van der Waals surface area contributed by atoms with Gasteiger partial charge in [0.15, 0.2) is 0 Å². The molecule has 2 aromatic carbocycles. The van der Waals surface area contributed by atoms with Gasteiger partial charge in [-0.05, 0) is 50.1 Å². The SMILES string of the molecule is Cc1ccc(Nc2cc(C(=O)NCCc3ccc(Cl)cc3)nc(C)n2)cc1. The smallest absolute Gasteiger partial charge is 0.270 e. The van der Waals surface area contributed by atoms with E-state index in [0.717, 1.165) is 17.7 Å². The summed E-state index contributed by atoms with van der Waals surface area (Å²) in [6, 6.07) is 17.2. The molecule has 0 radical (unpaired) electrons. The van der Waals surface area contributed by atoms with Gasteiger partial charge in [-0.15, -0.1) is 0 Å². The van der Waals surface area contributed by atoms with Gasteiger partial charge >= 0.3 is 0 Å². The number of rotatable bonds is 6. The Morgan fingerprint density at radius 1 is 1.00 bits per heavy atom. The molecule has 1 aromatic heterocycles. The number of halogens is 1. The van der Waals surface area contributed by atoms with E-state index in [1.54, 1.807) is 13.0 Å². The molecule has 138 valence electrons. The van der Waals surface area contributed by atoms with Crippen molar-refractivity contribution in [3.8, 4) is 0 Å². The average Bonchev–Trinajstić information content (AvgIpc) is 2.65. The van der Waals surface area contributed by atoms with Crippen molar-refractivity contribution >= 4 is 29.0 Å². The van der Waals surface area contributed by atoms with Crippen molar-refractivity contribution in [1.29, 1.82) is 0 Å². The molecule has 0 unspecified atom stereocenters. The van der Waals surface area contributed by atoms with Crippen LogP contribution in [0.3, 0.4) is 0 Å². The maximum absolute atomic E-state index is 12.4. The second kappa shape index (κ2) is 8.64. The summed E-state index contributed by atoms with van der Waals surface area (Å²) in [7, 11) is 0. The number of carbonyl (C=O) groups excluding carboxylic acids is 1. The number of anilines is 2. The van der Waals surface area contributed by atoms with Crippen molar-refractivity contribution in [3.05, 3.63) is 82.3 Å². The van der Waals surface area contributed by atoms with Crippen LogP contribution in [-0.2, 0) is 6.42 Å². The first-order valence-corrected chi connectivity index (χ1v) is 9.09. The van der Waals surface area contributed by atoms with Gasteiger partial charge in [-0.2, -0.15) is 0 Å². The number of aromatic nitrogens is 2. The van der Waals surface area contributed by atoms with Crippen molar-refractivity contribution in [1.82, 2.24) is 15.3 Å². The van der Waals surface area contributed by atoms with Crippen molar-refractivity contribution in [3.63, 3.8) is 0 Å². The number of nitrogens with zero attached hydrogens (tertiary/aromatic N) is 2. The summed E-state index contributed by atoms with van der Waals surface area (Å²) in [4.78, 5) is 21.0. The lowest BCUT2D eigenvalue weighted by molar-refractivity contribution is 0.0949. The van der Waals surface area contributed by atoms with E-state index in [0.29, 0.717) is 28.9 Å². The molecule has 0 saturated carbocycles. The van der Waals surface area contributed by atoms with Crippen molar-refractivity contribution in [2.75, 3.05) is 11.9 Å². The van der Waals surface area contributed by atoms with E-state index in [2.05, 4.69) is 20.6 Å². The van der Waals surface area contributed by atoms with Gasteiger partial charge in [0.2, 0.25) is 0 Å². The van der Waals surface area contributed by atoms with Gasteiger partial charge < -0.3 is 10.6 Å². The molecule has 1 amide bonds. The van der Waals surface area contributed by atoms with E-state index in [-0.39, 0.29) is 5.91 Å². The van der Waals surface area contributed by atoms with Crippen LogP contribution in [0, 0.1) is 13.8 Å². The first kappa shape index (κ1) is 18.9. The van der Waals surface area contributed by atoms with Crippen LogP contribution in [0.4, 0.5) is 11.5 Å². The molecule has 0 aliphatic carbocycles. The Hall–Kier alpha value is -2.92. The molecule has 0 bridgehead atoms. The monoisotopic (exact) mass is 380 g/mol. The molecule has 0 aliphatic rings. The zero-order valence-electron chi connectivity index (χ0n) is 15.3. The lowest BCUT2D eigenvalue weighted by atomic mass is 10.1. The summed E-state index contributed by atoms with van der Waals surface area (Å²) in [6.45, 7) is 4.32. The molecule has 5 nitrogen and oxygen atoms in total. The molecule has 2 N–H and O–H groups in total. The predicted octanol–water partition coefficient (Wildman–Crippen LogP) is 4.46. The quantitative estimate of drug-likeness (QED) is 0.662. The molecular weight excluding hydrogens is 360 g/mol. The molecule has 0 fully saturated rings. The number of benzene rings is 2. The minimum atomic E-state index is -0.221. The summed E-state index contributed by atoms with van der Waals surface area (Å²) >= 11 is 5.88. The van der Waals surface area contributed by atoms with Crippen LogP contribution >= 0.6 is 11.6 Å². The Morgan fingerprint density at radius 2 is 1.70 bits per heavy atom. The maximum atomic E-state index is 12.4. The first-order valence-electron chi connectivity index (χ1n) is 8.71. The molecule has 0 spiro atoms. The lowest BCUT2D eigenvalue weighted by Crippen LogP contribution is -2.27. The summed E-state index contributed by atoms with van der Waals surface area (Å²) in [5.41, 5.74) is 3.54. The van der Waals surface area contributed by atoms with E-state index in [9.17, 15) is 4.79 Å². The van der Waals surface area contributed by atoms with Crippen LogP contribution in [0.2, 0.25) is 5.02 Å². The van der Waals surface area contributed by atoms with Crippen LogP contribution in [0.1, 0.15) is 27.4 Å². The van der Waals surface area contributed by atoms with Gasteiger partial charge in [0.05, 0.1) is 0 Å². The van der Waals surface area contributed by atoms with Gasteiger partial charge in [-0.3, -0.25) is 4.79 Å². The highest BCUT2D eigenvalue weighted by Gasteiger charge is 2.10. The van der Waals surface area contributed by atoms with Crippen molar-refractivity contribution in [2.24, 2.45) is 0 Å². The van der Waals surface area contributed by atoms with Crippen molar-refractivity contribution < 1.29 is 4.79 Å². The molecule has 0 atom stereocenters.